The number of ether oxygens (including phenoxy) is 1. The van der Waals surface area contributed by atoms with Crippen LogP contribution in [0.1, 0.15) is 17.4 Å². The standard InChI is InChI=1S/C15H10BrClF2N2O3/c1-6(22)20-12-5-11(21-14(13(12)17)15(23)24-2)7-3-10(19)8(16)4-9(7)18/h3-5H,1-2H3,(H,20,21,22). The van der Waals surface area contributed by atoms with Gasteiger partial charge in [0.25, 0.3) is 0 Å². The Hall–Kier alpha value is -2.06. The van der Waals surface area contributed by atoms with Gasteiger partial charge < -0.3 is 10.1 Å². The molecule has 0 aliphatic rings. The summed E-state index contributed by atoms with van der Waals surface area (Å²) in [6.45, 7) is 1.23. The van der Waals surface area contributed by atoms with Gasteiger partial charge in [0.15, 0.2) is 5.69 Å². The number of hydrogen-bond donors (Lipinski definition) is 1. The van der Waals surface area contributed by atoms with E-state index in [1.54, 1.807) is 0 Å². The van der Waals surface area contributed by atoms with Crippen molar-refractivity contribution in [3.63, 3.8) is 0 Å². The highest BCUT2D eigenvalue weighted by molar-refractivity contribution is 9.10. The summed E-state index contributed by atoms with van der Waals surface area (Å²) >= 11 is 8.90. The summed E-state index contributed by atoms with van der Waals surface area (Å²) in [6, 6.07) is 3.08. The van der Waals surface area contributed by atoms with E-state index in [1.807, 2.05) is 0 Å². The molecule has 0 aliphatic heterocycles. The molecule has 126 valence electrons. The van der Waals surface area contributed by atoms with E-state index in [9.17, 15) is 18.4 Å². The lowest BCUT2D eigenvalue weighted by atomic mass is 10.1. The minimum Gasteiger partial charge on any atom is -0.464 e. The SMILES string of the molecule is COC(=O)c1nc(-c2cc(F)c(Br)cc2F)cc(NC(C)=O)c1Cl. The van der Waals surface area contributed by atoms with Crippen LogP contribution in [-0.4, -0.2) is 24.0 Å². The van der Waals surface area contributed by atoms with Gasteiger partial charge in [-0.1, -0.05) is 11.6 Å². The molecule has 0 spiro atoms. The summed E-state index contributed by atoms with van der Waals surface area (Å²) in [5.74, 6) is -2.84. The first-order valence-electron chi connectivity index (χ1n) is 6.46. The number of anilines is 1. The largest absolute Gasteiger partial charge is 0.464 e. The molecule has 2 aromatic rings. The Morgan fingerprint density at radius 2 is 1.92 bits per heavy atom. The predicted molar refractivity (Wildman–Crippen MR) is 87.9 cm³/mol. The summed E-state index contributed by atoms with van der Waals surface area (Å²) in [5.41, 5.74) is -0.600. The second kappa shape index (κ2) is 7.23. The van der Waals surface area contributed by atoms with Crippen LogP contribution in [0.5, 0.6) is 0 Å². The highest BCUT2D eigenvalue weighted by Crippen LogP contribution is 2.33. The number of esters is 1. The van der Waals surface area contributed by atoms with E-state index in [-0.39, 0.29) is 32.1 Å². The number of benzene rings is 1. The predicted octanol–water partition coefficient (Wildman–Crippen LogP) is 4.19. The molecule has 0 radical (unpaired) electrons. The van der Waals surface area contributed by atoms with Gasteiger partial charge in [-0.15, -0.1) is 0 Å². The molecule has 1 heterocycles. The number of amides is 1. The van der Waals surface area contributed by atoms with Gasteiger partial charge in [0.2, 0.25) is 5.91 Å². The normalized spacial score (nSPS) is 10.4. The lowest BCUT2D eigenvalue weighted by Gasteiger charge is -2.12. The zero-order chi connectivity index (χ0) is 18.0. The van der Waals surface area contributed by atoms with Crippen LogP contribution in [-0.2, 0) is 9.53 Å². The van der Waals surface area contributed by atoms with E-state index in [0.717, 1.165) is 19.2 Å². The van der Waals surface area contributed by atoms with Crippen LogP contribution in [0.15, 0.2) is 22.7 Å². The molecule has 0 saturated carbocycles. The van der Waals surface area contributed by atoms with Crippen LogP contribution in [0.3, 0.4) is 0 Å². The van der Waals surface area contributed by atoms with Crippen LogP contribution in [0.2, 0.25) is 5.02 Å². The summed E-state index contributed by atoms with van der Waals surface area (Å²) in [6.07, 6.45) is 0. The first-order valence-corrected chi connectivity index (χ1v) is 7.63. The molecule has 0 aliphatic carbocycles. The van der Waals surface area contributed by atoms with Crippen molar-refractivity contribution in [3.8, 4) is 11.3 Å². The van der Waals surface area contributed by atoms with Crippen molar-refractivity contribution in [3.05, 3.63) is 45.0 Å². The van der Waals surface area contributed by atoms with E-state index in [0.29, 0.717) is 0 Å². The van der Waals surface area contributed by atoms with E-state index >= 15 is 0 Å². The van der Waals surface area contributed by atoms with E-state index in [4.69, 9.17) is 11.6 Å². The highest BCUT2D eigenvalue weighted by Gasteiger charge is 2.21. The maximum absolute atomic E-state index is 14.2. The molecule has 0 fully saturated rings. The molecular weight excluding hydrogens is 410 g/mol. The van der Waals surface area contributed by atoms with Crippen molar-refractivity contribution in [2.45, 2.75) is 6.92 Å². The van der Waals surface area contributed by atoms with Gasteiger partial charge >= 0.3 is 5.97 Å². The average Bonchev–Trinajstić information content (AvgIpc) is 2.51. The van der Waals surface area contributed by atoms with Gasteiger partial charge in [-0.25, -0.2) is 18.6 Å². The lowest BCUT2D eigenvalue weighted by molar-refractivity contribution is -0.114. The number of halogens is 4. The molecule has 0 saturated heterocycles. The number of nitrogens with zero attached hydrogens (tertiary/aromatic N) is 1. The molecule has 9 heteroatoms. The average molecular weight is 420 g/mol. The monoisotopic (exact) mass is 418 g/mol. The summed E-state index contributed by atoms with van der Waals surface area (Å²) in [5, 5.41) is 2.24. The number of carbonyl (C=O) groups excluding carboxylic acids is 2. The smallest absolute Gasteiger partial charge is 0.358 e. The maximum atomic E-state index is 14.2. The Morgan fingerprint density at radius 3 is 2.50 bits per heavy atom. The second-order valence-corrected chi connectivity index (χ2v) is 5.87. The van der Waals surface area contributed by atoms with Crippen molar-refractivity contribution >= 4 is 45.1 Å². The number of aromatic nitrogens is 1. The fourth-order valence-corrected chi connectivity index (χ4v) is 2.44. The molecule has 1 amide bonds. The van der Waals surface area contributed by atoms with E-state index in [1.165, 1.54) is 13.0 Å². The molecule has 1 aromatic heterocycles. The fraction of sp³-hybridized carbons (Fsp3) is 0.133. The highest BCUT2D eigenvalue weighted by atomic mass is 79.9. The molecule has 5 nitrogen and oxygen atoms in total. The maximum Gasteiger partial charge on any atom is 0.358 e. The van der Waals surface area contributed by atoms with Gasteiger partial charge in [-0.05, 0) is 34.1 Å². The molecule has 0 atom stereocenters. The van der Waals surface area contributed by atoms with Crippen molar-refractivity contribution in [2.24, 2.45) is 0 Å². The Morgan fingerprint density at radius 1 is 1.25 bits per heavy atom. The number of methoxy groups -OCH3 is 1. The number of hydrogen-bond acceptors (Lipinski definition) is 4. The summed E-state index contributed by atoms with van der Waals surface area (Å²) in [4.78, 5) is 27.0. The molecule has 24 heavy (non-hydrogen) atoms. The quantitative estimate of drug-likeness (QED) is 0.598. The van der Waals surface area contributed by atoms with Gasteiger partial charge in [0, 0.05) is 12.5 Å². The third kappa shape index (κ3) is 3.70. The van der Waals surface area contributed by atoms with E-state index in [2.05, 4.69) is 31.0 Å². The molecular formula is C15H10BrClF2N2O3. The molecule has 0 unspecified atom stereocenters. The minimum atomic E-state index is -0.883. The molecule has 2 rings (SSSR count). The minimum absolute atomic E-state index is 0.0253. The molecule has 1 aromatic carbocycles. The topological polar surface area (TPSA) is 68.3 Å². The van der Waals surface area contributed by atoms with Crippen molar-refractivity contribution in [1.82, 2.24) is 4.98 Å². The Kier molecular flexibility index (Phi) is 5.51. The van der Waals surface area contributed by atoms with Gasteiger partial charge in [0.1, 0.15) is 11.6 Å². The van der Waals surface area contributed by atoms with Crippen molar-refractivity contribution in [2.75, 3.05) is 12.4 Å². The zero-order valence-electron chi connectivity index (χ0n) is 12.4. The van der Waals surface area contributed by atoms with Crippen LogP contribution in [0, 0.1) is 11.6 Å². The Labute approximate surface area is 149 Å². The van der Waals surface area contributed by atoms with Crippen LogP contribution < -0.4 is 5.32 Å². The number of carbonyl (C=O) groups is 2. The van der Waals surface area contributed by atoms with Crippen LogP contribution in [0.25, 0.3) is 11.3 Å². The number of pyridine rings is 1. The van der Waals surface area contributed by atoms with Gasteiger partial charge in [0.05, 0.1) is 28.0 Å². The first-order chi connectivity index (χ1) is 11.2. The molecule has 0 bridgehead atoms. The Bertz CT molecular complexity index is 846. The van der Waals surface area contributed by atoms with Gasteiger partial charge in [-0.2, -0.15) is 0 Å². The number of rotatable bonds is 3. The van der Waals surface area contributed by atoms with Crippen LogP contribution in [0.4, 0.5) is 14.5 Å². The van der Waals surface area contributed by atoms with Crippen molar-refractivity contribution in [1.29, 1.82) is 0 Å². The summed E-state index contributed by atoms with van der Waals surface area (Å²) in [7, 11) is 1.12. The molecule has 1 N–H and O–H groups in total. The second-order valence-electron chi connectivity index (χ2n) is 4.64. The van der Waals surface area contributed by atoms with Crippen molar-refractivity contribution < 1.29 is 23.1 Å². The zero-order valence-corrected chi connectivity index (χ0v) is 14.8. The van der Waals surface area contributed by atoms with Crippen LogP contribution >= 0.6 is 27.5 Å². The van der Waals surface area contributed by atoms with E-state index < -0.39 is 23.5 Å². The summed E-state index contributed by atoms with van der Waals surface area (Å²) < 4.78 is 32.4. The first kappa shape index (κ1) is 18.3. The van der Waals surface area contributed by atoms with Gasteiger partial charge in [-0.3, -0.25) is 4.79 Å². The fourth-order valence-electron chi connectivity index (χ4n) is 1.90. The third-order valence-corrected chi connectivity index (χ3v) is 3.92. The number of nitrogens with one attached hydrogen (secondary N) is 1. The lowest BCUT2D eigenvalue weighted by Crippen LogP contribution is -2.12. The third-order valence-electron chi connectivity index (χ3n) is 2.93. The Balaban J connectivity index is 2.72.